The quantitative estimate of drug-likeness (QED) is 0.792. The van der Waals surface area contributed by atoms with Gasteiger partial charge in [0.2, 0.25) is 0 Å². The van der Waals surface area contributed by atoms with Crippen molar-refractivity contribution in [1.82, 2.24) is 0 Å². The summed E-state index contributed by atoms with van der Waals surface area (Å²) in [5.74, 6) is 0. The molecule has 0 spiro atoms. The summed E-state index contributed by atoms with van der Waals surface area (Å²) in [5, 5.41) is 0. The van der Waals surface area contributed by atoms with E-state index in [4.69, 9.17) is 10.7 Å². The van der Waals surface area contributed by atoms with E-state index in [1.807, 2.05) is 19.1 Å². The Morgan fingerprint density at radius 1 is 1.31 bits per heavy atom. The molecule has 1 N–H and O–H groups in total. The lowest BCUT2D eigenvalue weighted by molar-refractivity contribution is 0.614. The molecule has 0 amide bonds. The summed E-state index contributed by atoms with van der Waals surface area (Å²) in [6.45, 7) is 2.03. The highest BCUT2D eigenvalue weighted by molar-refractivity contribution is 8.14. The maximum atomic E-state index is 10.6. The van der Waals surface area contributed by atoms with Crippen LogP contribution in [0.5, 0.6) is 0 Å². The van der Waals surface area contributed by atoms with Gasteiger partial charge in [-0.05, 0) is 24.1 Å². The van der Waals surface area contributed by atoms with E-state index < -0.39 is 9.24 Å². The first kappa shape index (κ1) is 10.3. The number of hydrogen-bond donors (Lipinski definition) is 1. The molecule has 0 atom stereocenters. The fourth-order valence-electron chi connectivity index (χ4n) is 0.949. The highest BCUT2D eigenvalue weighted by atomic mass is 35.7. The lowest BCUT2D eigenvalue weighted by atomic mass is 10.2. The van der Waals surface area contributed by atoms with Gasteiger partial charge >= 0.3 is 9.24 Å². The molecular weight excluding hydrogens is 210 g/mol. The highest BCUT2D eigenvalue weighted by Gasteiger charge is 2.03. The van der Waals surface area contributed by atoms with Crippen LogP contribution in [0.2, 0.25) is 0 Å². The molecule has 1 rings (SSSR count). The average Bonchev–Trinajstić information content (AvgIpc) is 2.03. The van der Waals surface area contributed by atoms with Gasteiger partial charge in [-0.15, -0.1) is 0 Å². The van der Waals surface area contributed by atoms with Crippen LogP contribution < -0.4 is 4.72 Å². The summed E-state index contributed by atoms with van der Waals surface area (Å²) in [6, 6.07) is 7.06. The van der Waals surface area contributed by atoms with Crippen molar-refractivity contribution in [2.24, 2.45) is 0 Å². The molecule has 0 bridgehead atoms. The van der Waals surface area contributed by atoms with Gasteiger partial charge in [0, 0.05) is 16.4 Å². The molecule has 13 heavy (non-hydrogen) atoms. The topological polar surface area (TPSA) is 46.2 Å². The smallest absolute Gasteiger partial charge is 0.271 e. The second kappa shape index (κ2) is 3.98. The van der Waals surface area contributed by atoms with Crippen LogP contribution in [0.25, 0.3) is 0 Å². The Morgan fingerprint density at radius 3 is 2.23 bits per heavy atom. The first-order valence-corrected chi connectivity index (χ1v) is 6.13. The van der Waals surface area contributed by atoms with Gasteiger partial charge in [-0.1, -0.05) is 19.1 Å². The normalized spacial score (nSPS) is 11.2. The number of nitrogens with one attached hydrogen (secondary N) is 1. The van der Waals surface area contributed by atoms with E-state index in [2.05, 4.69) is 4.72 Å². The standard InChI is InChI=1S/C8H10ClNO2S/c1-2-7-3-5-8(6-4-7)10-13(9,11)12/h3-6,10H,2H2,1H3. The van der Waals surface area contributed by atoms with Gasteiger partial charge in [0.05, 0.1) is 0 Å². The molecule has 1 aromatic carbocycles. The summed E-state index contributed by atoms with van der Waals surface area (Å²) in [5.41, 5.74) is 1.63. The van der Waals surface area contributed by atoms with Crippen molar-refractivity contribution in [3.05, 3.63) is 29.8 Å². The number of hydrogen-bond acceptors (Lipinski definition) is 2. The van der Waals surface area contributed by atoms with Gasteiger partial charge in [-0.25, -0.2) is 0 Å². The van der Waals surface area contributed by atoms with E-state index in [9.17, 15) is 8.42 Å². The van der Waals surface area contributed by atoms with Crippen molar-refractivity contribution in [2.45, 2.75) is 13.3 Å². The Balaban J connectivity index is 2.81. The van der Waals surface area contributed by atoms with E-state index in [-0.39, 0.29) is 0 Å². The minimum absolute atomic E-state index is 0.479. The van der Waals surface area contributed by atoms with E-state index in [0.717, 1.165) is 12.0 Å². The van der Waals surface area contributed by atoms with Gasteiger partial charge in [0.1, 0.15) is 0 Å². The maximum Gasteiger partial charge on any atom is 0.319 e. The number of halogens is 1. The molecule has 0 aromatic heterocycles. The van der Waals surface area contributed by atoms with Crippen molar-refractivity contribution in [3.8, 4) is 0 Å². The highest BCUT2D eigenvalue weighted by Crippen LogP contribution is 2.12. The molecule has 0 saturated carbocycles. The van der Waals surface area contributed by atoms with E-state index in [0.29, 0.717) is 5.69 Å². The van der Waals surface area contributed by atoms with Crippen LogP contribution in [-0.2, 0) is 15.7 Å². The molecular formula is C8H10ClNO2S. The number of anilines is 1. The third kappa shape index (κ3) is 3.65. The van der Waals surface area contributed by atoms with Crippen LogP contribution >= 0.6 is 10.7 Å². The van der Waals surface area contributed by atoms with E-state index in [1.54, 1.807) is 12.1 Å². The summed E-state index contributed by atoms with van der Waals surface area (Å²) in [4.78, 5) is 0. The van der Waals surface area contributed by atoms with Crippen LogP contribution in [0.4, 0.5) is 5.69 Å². The summed E-state index contributed by atoms with van der Waals surface area (Å²) < 4.78 is 23.4. The summed E-state index contributed by atoms with van der Waals surface area (Å²) >= 11 is 0. The fourth-order valence-corrected chi connectivity index (χ4v) is 1.63. The first-order valence-electron chi connectivity index (χ1n) is 3.82. The van der Waals surface area contributed by atoms with Crippen LogP contribution in [0.15, 0.2) is 24.3 Å². The zero-order chi connectivity index (χ0) is 9.90. The Morgan fingerprint density at radius 2 is 1.85 bits per heavy atom. The Bertz CT molecular complexity index is 372. The minimum atomic E-state index is -3.67. The van der Waals surface area contributed by atoms with Crippen LogP contribution in [0, 0.1) is 0 Å². The van der Waals surface area contributed by atoms with Gasteiger partial charge < -0.3 is 0 Å². The van der Waals surface area contributed by atoms with Gasteiger partial charge in [0.25, 0.3) is 0 Å². The molecule has 3 nitrogen and oxygen atoms in total. The number of aryl methyl sites for hydroxylation is 1. The fraction of sp³-hybridized carbons (Fsp3) is 0.250. The Hall–Kier alpha value is -0.740. The number of benzene rings is 1. The maximum absolute atomic E-state index is 10.6. The molecule has 0 fully saturated rings. The zero-order valence-electron chi connectivity index (χ0n) is 7.12. The molecule has 0 aliphatic heterocycles. The molecule has 0 aliphatic carbocycles. The van der Waals surface area contributed by atoms with Crippen LogP contribution in [-0.4, -0.2) is 8.42 Å². The predicted octanol–water partition coefficient (Wildman–Crippen LogP) is 2.14. The van der Waals surface area contributed by atoms with Gasteiger partial charge in [0.15, 0.2) is 0 Å². The molecule has 0 saturated heterocycles. The Kier molecular flexibility index (Phi) is 3.17. The lowest BCUT2D eigenvalue weighted by Gasteiger charge is -2.02. The second-order valence-corrected chi connectivity index (χ2v) is 4.89. The van der Waals surface area contributed by atoms with E-state index >= 15 is 0 Å². The van der Waals surface area contributed by atoms with E-state index in [1.165, 1.54) is 0 Å². The molecule has 0 aliphatic rings. The van der Waals surface area contributed by atoms with Crippen molar-refractivity contribution in [3.63, 3.8) is 0 Å². The molecule has 1 aromatic rings. The second-order valence-electron chi connectivity index (χ2n) is 2.59. The minimum Gasteiger partial charge on any atom is -0.271 e. The predicted molar refractivity (Wildman–Crippen MR) is 54.2 cm³/mol. The third-order valence-corrected chi connectivity index (χ3v) is 2.31. The molecule has 0 unspecified atom stereocenters. The van der Waals surface area contributed by atoms with Gasteiger partial charge in [-0.3, -0.25) is 4.72 Å². The summed E-state index contributed by atoms with van der Waals surface area (Å²) in [6.07, 6.45) is 0.925. The molecule has 5 heteroatoms. The number of rotatable bonds is 3. The molecule has 0 heterocycles. The zero-order valence-corrected chi connectivity index (χ0v) is 8.69. The summed E-state index contributed by atoms with van der Waals surface area (Å²) in [7, 11) is 1.33. The van der Waals surface area contributed by atoms with Crippen LogP contribution in [0.1, 0.15) is 12.5 Å². The third-order valence-electron chi connectivity index (χ3n) is 1.60. The van der Waals surface area contributed by atoms with Crippen LogP contribution in [0.3, 0.4) is 0 Å². The largest absolute Gasteiger partial charge is 0.319 e. The monoisotopic (exact) mass is 219 g/mol. The van der Waals surface area contributed by atoms with Crippen molar-refractivity contribution >= 4 is 25.6 Å². The van der Waals surface area contributed by atoms with Crippen molar-refractivity contribution in [1.29, 1.82) is 0 Å². The van der Waals surface area contributed by atoms with Crippen molar-refractivity contribution in [2.75, 3.05) is 4.72 Å². The first-order chi connectivity index (χ1) is 6.01. The molecule has 0 radical (unpaired) electrons. The van der Waals surface area contributed by atoms with Gasteiger partial charge in [-0.2, -0.15) is 8.42 Å². The molecule has 72 valence electrons. The Labute approximate surface area is 82.3 Å². The lowest BCUT2D eigenvalue weighted by Crippen LogP contribution is -2.03. The SMILES string of the molecule is CCc1ccc(NS(=O)(=O)Cl)cc1. The average molecular weight is 220 g/mol. The van der Waals surface area contributed by atoms with Crippen molar-refractivity contribution < 1.29 is 8.42 Å².